The fourth-order valence-electron chi connectivity index (χ4n) is 5.73. The predicted octanol–water partition coefficient (Wildman–Crippen LogP) is 5.53. The Morgan fingerprint density at radius 2 is 1.37 bits per heavy atom. The summed E-state index contributed by atoms with van der Waals surface area (Å²) in [6, 6.07) is 0. The standard InChI is InChI=1S/C21H34O4.C2H6/c1-6-19(2,3)18(23)24-13-17(22)25-20(4,5)21-10-14-7-15(11-21)9-16(8-14)12-21;1-2/h14-16H,6-13H2,1-5H3;1-2H3. The van der Waals surface area contributed by atoms with Gasteiger partial charge in [-0.3, -0.25) is 4.79 Å². The molecular formula is C23H40O4. The summed E-state index contributed by atoms with van der Waals surface area (Å²) in [6.07, 6.45) is 8.33. The molecule has 0 spiro atoms. The molecule has 4 fully saturated rings. The Morgan fingerprint density at radius 3 is 1.78 bits per heavy atom. The van der Waals surface area contributed by atoms with Crippen molar-refractivity contribution in [3.05, 3.63) is 0 Å². The Balaban J connectivity index is 0.00000126. The summed E-state index contributed by atoms with van der Waals surface area (Å²) in [5.41, 5.74) is -0.938. The average Bonchev–Trinajstić information content (AvgIpc) is 2.59. The van der Waals surface area contributed by atoms with Gasteiger partial charge < -0.3 is 9.47 Å². The maximum Gasteiger partial charge on any atom is 0.344 e. The summed E-state index contributed by atoms with van der Waals surface area (Å²) in [5.74, 6) is 1.69. The first-order valence-electron chi connectivity index (χ1n) is 11.0. The van der Waals surface area contributed by atoms with Crippen molar-refractivity contribution >= 4 is 11.9 Å². The van der Waals surface area contributed by atoms with Gasteiger partial charge in [0.15, 0.2) is 6.61 Å². The molecule has 4 heteroatoms. The number of ether oxygens (including phenoxy) is 2. The zero-order valence-corrected chi connectivity index (χ0v) is 18.5. The van der Waals surface area contributed by atoms with Crippen LogP contribution in [0.1, 0.15) is 93.4 Å². The molecule has 4 nitrogen and oxygen atoms in total. The van der Waals surface area contributed by atoms with Crippen molar-refractivity contribution in [2.75, 3.05) is 6.61 Å². The van der Waals surface area contributed by atoms with Crippen molar-refractivity contribution in [1.29, 1.82) is 0 Å². The second-order valence-electron chi connectivity index (χ2n) is 10.00. The lowest BCUT2D eigenvalue weighted by Gasteiger charge is -2.61. The highest BCUT2D eigenvalue weighted by Crippen LogP contribution is 2.64. The first kappa shape index (κ1) is 22.2. The summed E-state index contributed by atoms with van der Waals surface area (Å²) in [7, 11) is 0. The van der Waals surface area contributed by atoms with Crippen LogP contribution in [0.4, 0.5) is 0 Å². The van der Waals surface area contributed by atoms with E-state index in [1.807, 2.05) is 34.6 Å². The average molecular weight is 381 g/mol. The van der Waals surface area contributed by atoms with Crippen molar-refractivity contribution in [3.63, 3.8) is 0 Å². The van der Waals surface area contributed by atoms with Gasteiger partial charge in [0.2, 0.25) is 0 Å². The first-order valence-corrected chi connectivity index (χ1v) is 11.0. The van der Waals surface area contributed by atoms with E-state index >= 15 is 0 Å². The molecule has 156 valence electrons. The van der Waals surface area contributed by atoms with Crippen LogP contribution in [0.5, 0.6) is 0 Å². The van der Waals surface area contributed by atoms with Gasteiger partial charge in [-0.1, -0.05) is 20.8 Å². The van der Waals surface area contributed by atoms with Crippen molar-refractivity contribution in [3.8, 4) is 0 Å². The van der Waals surface area contributed by atoms with Gasteiger partial charge in [0.25, 0.3) is 0 Å². The highest BCUT2D eigenvalue weighted by molar-refractivity contribution is 5.79. The minimum Gasteiger partial charge on any atom is -0.457 e. The molecule has 0 aromatic rings. The summed E-state index contributed by atoms with van der Waals surface area (Å²) in [6.45, 7) is 13.5. The molecule has 27 heavy (non-hydrogen) atoms. The molecular weight excluding hydrogens is 340 g/mol. The zero-order chi connectivity index (χ0) is 20.5. The third-order valence-corrected chi connectivity index (χ3v) is 7.44. The van der Waals surface area contributed by atoms with Crippen LogP contribution in [0.15, 0.2) is 0 Å². The van der Waals surface area contributed by atoms with Crippen LogP contribution in [-0.4, -0.2) is 24.1 Å². The Labute approximate surface area is 165 Å². The largest absolute Gasteiger partial charge is 0.457 e. The SMILES string of the molecule is CC.CCC(C)(C)C(=O)OCC(=O)OC(C)(C)C12CC3CC(CC(C3)C1)C2. The van der Waals surface area contributed by atoms with Crippen molar-refractivity contribution < 1.29 is 19.1 Å². The number of esters is 2. The van der Waals surface area contributed by atoms with E-state index in [-0.39, 0.29) is 18.0 Å². The molecule has 0 amide bonds. The summed E-state index contributed by atoms with van der Waals surface area (Å²) in [5, 5.41) is 0. The monoisotopic (exact) mass is 380 g/mol. The second-order valence-corrected chi connectivity index (χ2v) is 10.00. The van der Waals surface area contributed by atoms with Crippen LogP contribution >= 0.6 is 0 Å². The third-order valence-electron chi connectivity index (χ3n) is 7.44. The Hall–Kier alpha value is -1.06. The molecule has 4 aliphatic rings. The molecule has 0 saturated heterocycles. The van der Waals surface area contributed by atoms with Gasteiger partial charge in [-0.25, -0.2) is 4.79 Å². The van der Waals surface area contributed by atoms with E-state index in [9.17, 15) is 9.59 Å². The predicted molar refractivity (Wildman–Crippen MR) is 107 cm³/mol. The Bertz CT molecular complexity index is 511. The fraction of sp³-hybridized carbons (Fsp3) is 0.913. The van der Waals surface area contributed by atoms with Gasteiger partial charge in [-0.2, -0.15) is 0 Å². The lowest BCUT2D eigenvalue weighted by molar-refractivity contribution is -0.203. The number of carbonyl (C=O) groups excluding carboxylic acids is 2. The van der Waals surface area contributed by atoms with E-state index < -0.39 is 17.0 Å². The summed E-state index contributed by atoms with van der Waals surface area (Å²) in [4.78, 5) is 24.4. The lowest BCUT2D eigenvalue weighted by atomic mass is 9.46. The molecule has 0 heterocycles. The lowest BCUT2D eigenvalue weighted by Crippen LogP contribution is -2.57. The molecule has 0 radical (unpaired) electrons. The Kier molecular flexibility index (Phi) is 6.69. The van der Waals surface area contributed by atoms with E-state index in [1.54, 1.807) is 0 Å². The highest BCUT2D eigenvalue weighted by atomic mass is 16.6. The third kappa shape index (κ3) is 4.51. The quantitative estimate of drug-likeness (QED) is 0.569. The maximum absolute atomic E-state index is 12.4. The fourth-order valence-corrected chi connectivity index (χ4v) is 5.73. The molecule has 0 aliphatic heterocycles. The number of carbonyl (C=O) groups is 2. The van der Waals surface area contributed by atoms with Crippen molar-refractivity contribution in [2.45, 2.75) is 99.0 Å². The summed E-state index contributed by atoms with van der Waals surface area (Å²) < 4.78 is 11.1. The van der Waals surface area contributed by atoms with Gasteiger partial charge in [-0.05, 0) is 90.4 Å². The van der Waals surface area contributed by atoms with Crippen LogP contribution in [-0.2, 0) is 19.1 Å². The highest BCUT2D eigenvalue weighted by Gasteiger charge is 2.58. The van der Waals surface area contributed by atoms with Gasteiger partial charge in [-0.15, -0.1) is 0 Å². The second kappa shape index (κ2) is 8.13. The van der Waals surface area contributed by atoms with E-state index in [0.29, 0.717) is 6.42 Å². The van der Waals surface area contributed by atoms with Crippen LogP contribution < -0.4 is 0 Å². The minimum atomic E-state index is -0.560. The molecule has 4 saturated carbocycles. The topological polar surface area (TPSA) is 52.6 Å². The van der Waals surface area contributed by atoms with Crippen LogP contribution in [0.3, 0.4) is 0 Å². The molecule has 4 aliphatic carbocycles. The first-order chi connectivity index (χ1) is 12.6. The Morgan fingerprint density at radius 1 is 0.926 bits per heavy atom. The molecule has 0 atom stereocenters. The molecule has 4 bridgehead atoms. The smallest absolute Gasteiger partial charge is 0.344 e. The normalized spacial score (nSPS) is 31.7. The number of rotatable bonds is 6. The molecule has 0 N–H and O–H groups in total. The van der Waals surface area contributed by atoms with Gasteiger partial charge >= 0.3 is 11.9 Å². The van der Waals surface area contributed by atoms with Crippen LogP contribution in [0.25, 0.3) is 0 Å². The summed E-state index contributed by atoms with van der Waals surface area (Å²) >= 11 is 0. The van der Waals surface area contributed by atoms with Crippen LogP contribution in [0.2, 0.25) is 0 Å². The van der Waals surface area contributed by atoms with Crippen LogP contribution in [0, 0.1) is 28.6 Å². The minimum absolute atomic E-state index is 0.115. The van der Waals surface area contributed by atoms with Gasteiger partial charge in [0, 0.05) is 5.41 Å². The maximum atomic E-state index is 12.4. The molecule has 0 aromatic heterocycles. The molecule has 0 aromatic carbocycles. The van der Waals surface area contributed by atoms with Crippen molar-refractivity contribution in [2.24, 2.45) is 28.6 Å². The van der Waals surface area contributed by atoms with E-state index in [1.165, 1.54) is 38.5 Å². The number of hydrogen-bond donors (Lipinski definition) is 0. The molecule has 0 unspecified atom stereocenters. The van der Waals surface area contributed by atoms with Gasteiger partial charge in [0.05, 0.1) is 5.41 Å². The zero-order valence-electron chi connectivity index (χ0n) is 18.5. The van der Waals surface area contributed by atoms with Crippen molar-refractivity contribution in [1.82, 2.24) is 0 Å². The van der Waals surface area contributed by atoms with E-state index in [2.05, 4.69) is 13.8 Å². The van der Waals surface area contributed by atoms with E-state index in [4.69, 9.17) is 9.47 Å². The number of hydrogen-bond acceptors (Lipinski definition) is 4. The molecule has 4 rings (SSSR count). The van der Waals surface area contributed by atoms with E-state index in [0.717, 1.165) is 17.8 Å². The van der Waals surface area contributed by atoms with Gasteiger partial charge in [0.1, 0.15) is 5.60 Å².